The first kappa shape index (κ1) is 17.2. The topological polar surface area (TPSA) is 84.2 Å². The molecule has 0 aromatic rings. The maximum atomic E-state index is 11.5. The largest absolute Gasteiger partial charge is 0.353 e. The average molecular weight is 278 g/mol. The lowest BCUT2D eigenvalue weighted by molar-refractivity contribution is -0.131. The third kappa shape index (κ3) is 6.21. The van der Waals surface area contributed by atoms with Gasteiger partial charge in [0.2, 0.25) is 11.8 Å². The van der Waals surface area contributed by atoms with Crippen molar-refractivity contribution in [2.24, 2.45) is 17.1 Å². The quantitative estimate of drug-likeness (QED) is 0.681. The van der Waals surface area contributed by atoms with E-state index >= 15 is 0 Å². The number of nitrogens with two attached hydrogens (primary N) is 1. The highest BCUT2D eigenvalue weighted by molar-refractivity contribution is 5.87. The summed E-state index contributed by atoms with van der Waals surface area (Å²) in [7, 11) is 0. The van der Waals surface area contributed by atoms with Gasteiger partial charge in [0.15, 0.2) is 0 Å². The molecule has 1 aliphatic rings. The van der Waals surface area contributed by atoms with Crippen molar-refractivity contribution < 1.29 is 9.59 Å². The zero-order valence-corrected chi connectivity index (χ0v) is 12.1. The second kappa shape index (κ2) is 6.95. The number of carbonyl (C=O) groups is 2. The molecule has 5 nitrogen and oxygen atoms in total. The van der Waals surface area contributed by atoms with Crippen LogP contribution in [0, 0.1) is 11.3 Å². The fourth-order valence-corrected chi connectivity index (χ4v) is 1.41. The van der Waals surface area contributed by atoms with Gasteiger partial charge in [-0.05, 0) is 18.8 Å². The van der Waals surface area contributed by atoms with Crippen molar-refractivity contribution in [2.45, 2.75) is 39.7 Å². The van der Waals surface area contributed by atoms with Gasteiger partial charge >= 0.3 is 0 Å². The van der Waals surface area contributed by atoms with Gasteiger partial charge in [-0.2, -0.15) is 0 Å². The van der Waals surface area contributed by atoms with Crippen molar-refractivity contribution in [1.82, 2.24) is 10.6 Å². The van der Waals surface area contributed by atoms with Crippen molar-refractivity contribution in [2.75, 3.05) is 13.1 Å². The Balaban J connectivity index is 0.00000289. The number of hydrogen-bond acceptors (Lipinski definition) is 3. The van der Waals surface area contributed by atoms with Crippen LogP contribution in [0.2, 0.25) is 0 Å². The van der Waals surface area contributed by atoms with Crippen LogP contribution in [-0.4, -0.2) is 30.9 Å². The van der Waals surface area contributed by atoms with Crippen LogP contribution in [0.3, 0.4) is 0 Å². The first-order chi connectivity index (χ1) is 7.80. The van der Waals surface area contributed by atoms with E-state index < -0.39 is 5.41 Å². The van der Waals surface area contributed by atoms with E-state index in [0.29, 0.717) is 12.5 Å². The van der Waals surface area contributed by atoms with E-state index in [9.17, 15) is 9.59 Å². The number of rotatable bonds is 5. The minimum Gasteiger partial charge on any atom is -0.353 e. The summed E-state index contributed by atoms with van der Waals surface area (Å²) in [6.07, 6.45) is 2.33. The fraction of sp³-hybridized carbons (Fsp3) is 0.833. The van der Waals surface area contributed by atoms with Gasteiger partial charge in [-0.1, -0.05) is 20.8 Å². The first-order valence-corrected chi connectivity index (χ1v) is 6.11. The van der Waals surface area contributed by atoms with Crippen LogP contribution in [0.15, 0.2) is 0 Å². The minimum absolute atomic E-state index is 0. The van der Waals surface area contributed by atoms with Gasteiger partial charge in [-0.25, -0.2) is 0 Å². The first-order valence-electron chi connectivity index (χ1n) is 6.11. The molecule has 0 heterocycles. The van der Waals surface area contributed by atoms with Gasteiger partial charge in [0, 0.05) is 18.0 Å². The highest BCUT2D eigenvalue weighted by Gasteiger charge is 2.28. The van der Waals surface area contributed by atoms with E-state index in [0.717, 1.165) is 12.8 Å². The van der Waals surface area contributed by atoms with Crippen LogP contribution >= 0.6 is 12.4 Å². The molecule has 1 aliphatic carbocycles. The molecular formula is C12H24ClN3O2. The van der Waals surface area contributed by atoms with E-state index in [4.69, 9.17) is 5.73 Å². The van der Waals surface area contributed by atoms with Crippen LogP contribution in [0.25, 0.3) is 0 Å². The van der Waals surface area contributed by atoms with Gasteiger partial charge in [-0.15, -0.1) is 12.4 Å². The third-order valence-electron chi connectivity index (χ3n) is 2.85. The molecular weight excluding hydrogens is 254 g/mol. The third-order valence-corrected chi connectivity index (χ3v) is 2.85. The molecule has 2 amide bonds. The molecule has 1 unspecified atom stereocenters. The summed E-state index contributed by atoms with van der Waals surface area (Å²) in [4.78, 5) is 23.0. The van der Waals surface area contributed by atoms with Gasteiger partial charge in [0.1, 0.15) is 0 Å². The summed E-state index contributed by atoms with van der Waals surface area (Å²) in [5.41, 5.74) is 5.38. The van der Waals surface area contributed by atoms with Crippen LogP contribution in [0.4, 0.5) is 0 Å². The monoisotopic (exact) mass is 277 g/mol. The van der Waals surface area contributed by atoms with Gasteiger partial charge < -0.3 is 16.4 Å². The molecule has 1 rings (SSSR count). The SMILES string of the molecule is CC(C)(C)C(=O)NCC(=O)NCC(N)C1CC1.Cl. The Labute approximate surface area is 115 Å². The van der Waals surface area contributed by atoms with Gasteiger partial charge in [-0.3, -0.25) is 9.59 Å². The van der Waals surface area contributed by atoms with Crippen molar-refractivity contribution in [3.8, 4) is 0 Å². The normalized spacial score (nSPS) is 16.4. The van der Waals surface area contributed by atoms with Crippen LogP contribution in [0.5, 0.6) is 0 Å². The molecule has 1 saturated carbocycles. The van der Waals surface area contributed by atoms with Crippen LogP contribution < -0.4 is 16.4 Å². The Morgan fingerprint density at radius 1 is 1.28 bits per heavy atom. The maximum Gasteiger partial charge on any atom is 0.239 e. The lowest BCUT2D eigenvalue weighted by Crippen LogP contribution is -2.45. The maximum absolute atomic E-state index is 11.5. The number of amides is 2. The zero-order chi connectivity index (χ0) is 13.1. The molecule has 18 heavy (non-hydrogen) atoms. The van der Waals surface area contributed by atoms with E-state index in [2.05, 4.69) is 10.6 Å². The summed E-state index contributed by atoms with van der Waals surface area (Å²) in [5, 5.41) is 5.33. The van der Waals surface area contributed by atoms with Crippen LogP contribution in [-0.2, 0) is 9.59 Å². The van der Waals surface area contributed by atoms with E-state index in [1.807, 2.05) is 20.8 Å². The van der Waals surface area contributed by atoms with Crippen molar-refractivity contribution in [1.29, 1.82) is 0 Å². The Kier molecular flexibility index (Phi) is 6.63. The lowest BCUT2D eigenvalue weighted by atomic mass is 9.96. The molecule has 1 atom stereocenters. The van der Waals surface area contributed by atoms with Gasteiger partial charge in [0.05, 0.1) is 6.54 Å². The molecule has 0 bridgehead atoms. The molecule has 1 fully saturated rings. The molecule has 4 N–H and O–H groups in total. The average Bonchev–Trinajstić information content (AvgIpc) is 3.04. The second-order valence-corrected chi connectivity index (χ2v) is 5.74. The summed E-state index contributed by atoms with van der Waals surface area (Å²) < 4.78 is 0. The number of hydrogen-bond donors (Lipinski definition) is 3. The molecule has 0 radical (unpaired) electrons. The van der Waals surface area contributed by atoms with E-state index in [1.54, 1.807) is 0 Å². The molecule has 106 valence electrons. The molecule has 0 aromatic heterocycles. The summed E-state index contributed by atoms with van der Waals surface area (Å²) in [5.74, 6) is 0.261. The minimum atomic E-state index is -0.468. The number of carbonyl (C=O) groups excluding carboxylic acids is 2. The Hall–Kier alpha value is -0.810. The Morgan fingerprint density at radius 3 is 2.28 bits per heavy atom. The molecule has 0 saturated heterocycles. The summed E-state index contributed by atoms with van der Waals surface area (Å²) in [6.45, 7) is 5.94. The Morgan fingerprint density at radius 2 is 1.83 bits per heavy atom. The van der Waals surface area contributed by atoms with Gasteiger partial charge in [0.25, 0.3) is 0 Å². The van der Waals surface area contributed by atoms with E-state index in [-0.39, 0.29) is 36.8 Å². The fourth-order valence-electron chi connectivity index (χ4n) is 1.41. The number of halogens is 1. The second-order valence-electron chi connectivity index (χ2n) is 5.74. The van der Waals surface area contributed by atoms with Crippen molar-refractivity contribution >= 4 is 24.2 Å². The molecule has 6 heteroatoms. The molecule has 0 aliphatic heterocycles. The molecule has 0 aromatic carbocycles. The highest BCUT2D eigenvalue weighted by atomic mass is 35.5. The highest BCUT2D eigenvalue weighted by Crippen LogP contribution is 2.31. The smallest absolute Gasteiger partial charge is 0.239 e. The zero-order valence-electron chi connectivity index (χ0n) is 11.3. The molecule has 0 spiro atoms. The Bertz CT molecular complexity index is 298. The predicted molar refractivity (Wildman–Crippen MR) is 73.4 cm³/mol. The van der Waals surface area contributed by atoms with Crippen molar-refractivity contribution in [3.63, 3.8) is 0 Å². The summed E-state index contributed by atoms with van der Waals surface area (Å²) in [6, 6.07) is 0.0530. The summed E-state index contributed by atoms with van der Waals surface area (Å²) >= 11 is 0. The predicted octanol–water partition coefficient (Wildman–Crippen LogP) is 0.424. The number of nitrogens with one attached hydrogen (secondary N) is 2. The lowest BCUT2D eigenvalue weighted by Gasteiger charge is -2.17. The standard InChI is InChI=1S/C12H23N3O2.ClH/c1-12(2,3)11(17)15-7-10(16)14-6-9(13)8-4-5-8;/h8-9H,4-7,13H2,1-3H3,(H,14,16)(H,15,17);1H. The van der Waals surface area contributed by atoms with Crippen LogP contribution in [0.1, 0.15) is 33.6 Å². The van der Waals surface area contributed by atoms with Crippen molar-refractivity contribution in [3.05, 3.63) is 0 Å². The van der Waals surface area contributed by atoms with E-state index in [1.165, 1.54) is 0 Å².